The zero-order valence-corrected chi connectivity index (χ0v) is 19.7. The highest BCUT2D eigenvalue weighted by Gasteiger charge is 2.41. The largest absolute Gasteiger partial charge is 0.396 e. The lowest BCUT2D eigenvalue weighted by molar-refractivity contribution is -0.422. The van der Waals surface area contributed by atoms with Gasteiger partial charge in [0.25, 0.3) is 5.97 Å². The van der Waals surface area contributed by atoms with Crippen molar-refractivity contribution in [2.24, 2.45) is 5.92 Å². The van der Waals surface area contributed by atoms with Gasteiger partial charge < -0.3 is 28.8 Å². The van der Waals surface area contributed by atoms with Crippen LogP contribution in [-0.4, -0.2) is 55.0 Å². The number of ether oxygens (including phenoxy) is 5. The van der Waals surface area contributed by atoms with Gasteiger partial charge in [-0.3, -0.25) is 0 Å². The van der Waals surface area contributed by atoms with Crippen LogP contribution in [0.3, 0.4) is 0 Å². The fourth-order valence-corrected chi connectivity index (χ4v) is 2.46. The molecular weight excluding hydrogens is 360 g/mol. The molecule has 0 aliphatic rings. The average molecular weight is 407 g/mol. The van der Waals surface area contributed by atoms with Gasteiger partial charge in [0.1, 0.15) is 0 Å². The van der Waals surface area contributed by atoms with Crippen LogP contribution in [0.4, 0.5) is 0 Å². The molecule has 6 heteroatoms. The molecular formula is C22H46O6. The summed E-state index contributed by atoms with van der Waals surface area (Å²) < 4.78 is 30.8. The fraction of sp³-hybridized carbons (Fsp3) is 1.00. The van der Waals surface area contributed by atoms with Crippen LogP contribution < -0.4 is 0 Å². The van der Waals surface area contributed by atoms with E-state index in [9.17, 15) is 0 Å². The molecule has 0 saturated carbocycles. The van der Waals surface area contributed by atoms with Gasteiger partial charge in [0.2, 0.25) is 0 Å². The zero-order chi connectivity index (χ0) is 21.8. The Bertz CT molecular complexity index is 380. The Morgan fingerprint density at radius 3 is 2.00 bits per heavy atom. The smallest absolute Gasteiger partial charge is 0.288 e. The van der Waals surface area contributed by atoms with Gasteiger partial charge in [-0.1, -0.05) is 20.8 Å². The lowest BCUT2D eigenvalue weighted by Gasteiger charge is -2.40. The molecule has 0 heterocycles. The second-order valence-corrected chi connectivity index (χ2v) is 9.06. The van der Waals surface area contributed by atoms with Gasteiger partial charge >= 0.3 is 0 Å². The Kier molecular flexibility index (Phi) is 13.8. The van der Waals surface area contributed by atoms with E-state index in [0.717, 1.165) is 12.8 Å². The monoisotopic (exact) mass is 406 g/mol. The normalized spacial score (nSPS) is 17.1. The van der Waals surface area contributed by atoms with Gasteiger partial charge in [0.05, 0.1) is 30.8 Å². The predicted molar refractivity (Wildman–Crippen MR) is 112 cm³/mol. The van der Waals surface area contributed by atoms with Crippen molar-refractivity contribution < 1.29 is 28.8 Å². The van der Waals surface area contributed by atoms with Gasteiger partial charge in [-0.2, -0.15) is 0 Å². The van der Waals surface area contributed by atoms with Crippen LogP contribution in [0, 0.1) is 5.92 Å². The third kappa shape index (κ3) is 13.9. The maximum atomic E-state index is 9.00. The number of hydrogen-bond donors (Lipinski definition) is 1. The van der Waals surface area contributed by atoms with Crippen molar-refractivity contribution in [3.63, 3.8) is 0 Å². The SMILES string of the molecule is CCC(C)OC(CC(OCCCCO)OC(C)(C)C)(OCC(C)C)OC(C)C. The van der Waals surface area contributed by atoms with E-state index >= 15 is 0 Å². The molecule has 0 bridgehead atoms. The molecule has 170 valence electrons. The second kappa shape index (κ2) is 13.9. The highest BCUT2D eigenvalue weighted by molar-refractivity contribution is 4.70. The number of rotatable bonds is 16. The Hall–Kier alpha value is -0.240. The summed E-state index contributed by atoms with van der Waals surface area (Å²) in [4.78, 5) is 0. The number of aliphatic hydroxyl groups excluding tert-OH is 1. The van der Waals surface area contributed by atoms with Gasteiger partial charge in [-0.15, -0.1) is 0 Å². The molecule has 0 spiro atoms. The number of unbranched alkanes of at least 4 members (excludes halogenated alkanes) is 1. The quantitative estimate of drug-likeness (QED) is 0.291. The first kappa shape index (κ1) is 27.8. The second-order valence-electron chi connectivity index (χ2n) is 9.06. The van der Waals surface area contributed by atoms with Crippen LogP contribution in [0.2, 0.25) is 0 Å². The fourth-order valence-electron chi connectivity index (χ4n) is 2.46. The molecule has 0 aromatic rings. The van der Waals surface area contributed by atoms with Crippen LogP contribution in [0.15, 0.2) is 0 Å². The summed E-state index contributed by atoms with van der Waals surface area (Å²) in [5.74, 6) is -0.899. The summed E-state index contributed by atoms with van der Waals surface area (Å²) in [5.41, 5.74) is -0.389. The predicted octanol–water partition coefficient (Wildman–Crippen LogP) is 4.87. The van der Waals surface area contributed by atoms with E-state index in [0.29, 0.717) is 32.0 Å². The van der Waals surface area contributed by atoms with Gasteiger partial charge in [0.15, 0.2) is 6.29 Å². The topological polar surface area (TPSA) is 66.4 Å². The van der Waals surface area contributed by atoms with Crippen LogP contribution in [0.5, 0.6) is 0 Å². The maximum Gasteiger partial charge on any atom is 0.288 e. The number of aliphatic hydroxyl groups is 1. The van der Waals surface area contributed by atoms with Crippen LogP contribution in [0.1, 0.15) is 88.0 Å². The van der Waals surface area contributed by atoms with Crippen molar-refractivity contribution in [3.8, 4) is 0 Å². The van der Waals surface area contributed by atoms with Gasteiger partial charge in [0, 0.05) is 13.2 Å². The van der Waals surface area contributed by atoms with Crippen LogP contribution >= 0.6 is 0 Å². The van der Waals surface area contributed by atoms with E-state index in [2.05, 4.69) is 20.8 Å². The van der Waals surface area contributed by atoms with Crippen molar-refractivity contribution in [1.29, 1.82) is 0 Å². The Morgan fingerprint density at radius 1 is 0.893 bits per heavy atom. The molecule has 0 aliphatic heterocycles. The van der Waals surface area contributed by atoms with E-state index in [1.165, 1.54) is 0 Å². The van der Waals surface area contributed by atoms with E-state index < -0.39 is 12.3 Å². The van der Waals surface area contributed by atoms with Crippen molar-refractivity contribution in [1.82, 2.24) is 0 Å². The van der Waals surface area contributed by atoms with Gasteiger partial charge in [-0.05, 0) is 66.7 Å². The molecule has 3 atom stereocenters. The molecule has 0 amide bonds. The minimum atomic E-state index is -1.24. The molecule has 0 saturated heterocycles. The van der Waals surface area contributed by atoms with E-state index in [4.69, 9.17) is 28.8 Å². The molecule has 0 rings (SSSR count). The van der Waals surface area contributed by atoms with Crippen molar-refractivity contribution in [2.75, 3.05) is 19.8 Å². The summed E-state index contributed by atoms with van der Waals surface area (Å²) in [6, 6.07) is 0. The van der Waals surface area contributed by atoms with Crippen LogP contribution in [0.25, 0.3) is 0 Å². The maximum absolute atomic E-state index is 9.00. The minimum Gasteiger partial charge on any atom is -0.396 e. The molecule has 28 heavy (non-hydrogen) atoms. The highest BCUT2D eigenvalue weighted by Crippen LogP contribution is 2.30. The Morgan fingerprint density at radius 2 is 1.54 bits per heavy atom. The Balaban J connectivity index is 5.51. The first-order valence-corrected chi connectivity index (χ1v) is 10.8. The summed E-state index contributed by atoms with van der Waals surface area (Å²) in [5, 5.41) is 9.00. The van der Waals surface area contributed by atoms with E-state index in [1.54, 1.807) is 0 Å². The van der Waals surface area contributed by atoms with Crippen molar-refractivity contribution in [2.45, 2.75) is 118 Å². The molecule has 6 nitrogen and oxygen atoms in total. The molecule has 0 aromatic heterocycles. The zero-order valence-electron chi connectivity index (χ0n) is 19.7. The summed E-state index contributed by atoms with van der Waals surface area (Å²) in [6.45, 7) is 19.3. The minimum absolute atomic E-state index is 0.0319. The molecule has 0 aliphatic carbocycles. The first-order valence-electron chi connectivity index (χ1n) is 10.8. The lowest BCUT2D eigenvalue weighted by atomic mass is 10.2. The molecule has 1 N–H and O–H groups in total. The van der Waals surface area contributed by atoms with E-state index in [-0.39, 0.29) is 24.4 Å². The Labute approximate surface area is 173 Å². The van der Waals surface area contributed by atoms with E-state index in [1.807, 2.05) is 41.5 Å². The molecule has 3 unspecified atom stereocenters. The van der Waals surface area contributed by atoms with Crippen molar-refractivity contribution in [3.05, 3.63) is 0 Å². The standard InChI is InChI=1S/C22H46O6/c1-10-19(6)27-22(26-18(4)5,25-16-17(2)3)15-20(28-21(7,8)9)24-14-12-11-13-23/h17-20,23H,10-16H2,1-9H3. The third-order valence-corrected chi connectivity index (χ3v) is 3.77. The summed E-state index contributed by atoms with van der Waals surface area (Å²) >= 11 is 0. The summed E-state index contributed by atoms with van der Waals surface area (Å²) in [7, 11) is 0. The first-order chi connectivity index (χ1) is 12.9. The molecule has 0 fully saturated rings. The van der Waals surface area contributed by atoms with Crippen molar-refractivity contribution >= 4 is 0 Å². The molecule has 0 aromatic carbocycles. The van der Waals surface area contributed by atoms with Gasteiger partial charge in [-0.25, -0.2) is 0 Å². The van der Waals surface area contributed by atoms with Crippen LogP contribution in [-0.2, 0) is 23.7 Å². The average Bonchev–Trinajstić information content (AvgIpc) is 2.54. The highest BCUT2D eigenvalue weighted by atomic mass is 16.9. The summed E-state index contributed by atoms with van der Waals surface area (Å²) in [6.07, 6.45) is 1.94. The molecule has 0 radical (unpaired) electrons. The number of hydrogen-bond acceptors (Lipinski definition) is 6. The third-order valence-electron chi connectivity index (χ3n) is 3.77. The lowest BCUT2D eigenvalue weighted by Crippen LogP contribution is -2.48.